The number of rotatable bonds is 5. The Labute approximate surface area is 146 Å². The van der Waals surface area contributed by atoms with Gasteiger partial charge in [0.15, 0.2) is 0 Å². The Morgan fingerprint density at radius 3 is 2.16 bits per heavy atom. The van der Waals surface area contributed by atoms with Gasteiger partial charge in [-0.2, -0.15) is 5.10 Å². The molecule has 0 aliphatic heterocycles. The summed E-state index contributed by atoms with van der Waals surface area (Å²) in [6.45, 7) is 0. The van der Waals surface area contributed by atoms with Crippen LogP contribution in [0.15, 0.2) is 84.0 Å². The van der Waals surface area contributed by atoms with Crippen LogP contribution >= 0.6 is 0 Å². The molecule has 3 rings (SSSR count). The van der Waals surface area contributed by atoms with Crippen LogP contribution in [0.4, 0.5) is 0 Å². The number of benzene rings is 3. The van der Waals surface area contributed by atoms with Gasteiger partial charge >= 0.3 is 0 Å². The molecular formula is C21H18N2O2. The van der Waals surface area contributed by atoms with Gasteiger partial charge in [0, 0.05) is 5.56 Å². The Bertz CT molecular complexity index is 855. The molecule has 3 aromatic carbocycles. The van der Waals surface area contributed by atoms with E-state index in [1.54, 1.807) is 37.6 Å². The number of carbonyl (C=O) groups excluding carboxylic acids is 1. The van der Waals surface area contributed by atoms with Crippen molar-refractivity contribution in [2.24, 2.45) is 5.10 Å². The van der Waals surface area contributed by atoms with Crippen LogP contribution in [0, 0.1) is 0 Å². The third-order valence-electron chi connectivity index (χ3n) is 3.75. The zero-order valence-corrected chi connectivity index (χ0v) is 13.8. The summed E-state index contributed by atoms with van der Waals surface area (Å²) >= 11 is 0. The molecule has 124 valence electrons. The Morgan fingerprint density at radius 2 is 1.52 bits per heavy atom. The van der Waals surface area contributed by atoms with Crippen LogP contribution in [0.5, 0.6) is 5.75 Å². The number of hydrazone groups is 1. The van der Waals surface area contributed by atoms with E-state index in [9.17, 15) is 4.79 Å². The summed E-state index contributed by atoms with van der Waals surface area (Å²) in [5.41, 5.74) is 6.26. The van der Waals surface area contributed by atoms with E-state index in [2.05, 4.69) is 22.7 Å². The van der Waals surface area contributed by atoms with E-state index >= 15 is 0 Å². The summed E-state index contributed by atoms with van der Waals surface area (Å²) in [7, 11) is 1.59. The number of nitrogens with one attached hydrogen (secondary N) is 1. The monoisotopic (exact) mass is 330 g/mol. The van der Waals surface area contributed by atoms with Crippen LogP contribution in [0.2, 0.25) is 0 Å². The van der Waals surface area contributed by atoms with Gasteiger partial charge in [0.1, 0.15) is 5.75 Å². The molecule has 0 atom stereocenters. The predicted octanol–water partition coefficient (Wildman–Crippen LogP) is 4.13. The molecule has 0 aliphatic rings. The number of hydrogen-bond acceptors (Lipinski definition) is 3. The molecule has 1 amide bonds. The highest BCUT2D eigenvalue weighted by Crippen LogP contribution is 2.18. The number of nitrogens with zero attached hydrogens (tertiary/aromatic N) is 1. The highest BCUT2D eigenvalue weighted by atomic mass is 16.5. The first-order chi connectivity index (χ1) is 12.3. The molecule has 0 aromatic heterocycles. The van der Waals surface area contributed by atoms with Gasteiger partial charge in [0.2, 0.25) is 0 Å². The fourth-order valence-electron chi connectivity index (χ4n) is 2.36. The van der Waals surface area contributed by atoms with Gasteiger partial charge in [-0.25, -0.2) is 5.43 Å². The van der Waals surface area contributed by atoms with Gasteiger partial charge in [-0.15, -0.1) is 0 Å². The fourth-order valence-corrected chi connectivity index (χ4v) is 2.36. The van der Waals surface area contributed by atoms with Crippen molar-refractivity contribution in [2.45, 2.75) is 0 Å². The van der Waals surface area contributed by atoms with Crippen molar-refractivity contribution in [3.8, 4) is 16.9 Å². The summed E-state index contributed by atoms with van der Waals surface area (Å²) in [6.07, 6.45) is 1.62. The van der Waals surface area contributed by atoms with E-state index in [-0.39, 0.29) is 5.91 Å². The number of hydrogen-bond donors (Lipinski definition) is 1. The smallest absolute Gasteiger partial charge is 0.271 e. The van der Waals surface area contributed by atoms with Crippen LogP contribution in [-0.4, -0.2) is 19.2 Å². The van der Waals surface area contributed by atoms with Gasteiger partial charge in [-0.3, -0.25) is 4.79 Å². The third-order valence-corrected chi connectivity index (χ3v) is 3.75. The SMILES string of the molecule is COc1ccc(C(=O)NN=Cc2ccc(-c3ccccc3)cc2)cc1. The highest BCUT2D eigenvalue weighted by Gasteiger charge is 2.03. The van der Waals surface area contributed by atoms with E-state index in [0.717, 1.165) is 11.1 Å². The molecule has 0 aliphatic carbocycles. The molecule has 25 heavy (non-hydrogen) atoms. The maximum absolute atomic E-state index is 12.0. The minimum Gasteiger partial charge on any atom is -0.497 e. The number of ether oxygens (including phenoxy) is 1. The van der Waals surface area contributed by atoms with Crippen molar-refractivity contribution in [2.75, 3.05) is 7.11 Å². The third kappa shape index (κ3) is 4.32. The summed E-state index contributed by atoms with van der Waals surface area (Å²) in [6, 6.07) is 25.0. The van der Waals surface area contributed by atoms with Crippen LogP contribution in [-0.2, 0) is 0 Å². The van der Waals surface area contributed by atoms with Gasteiger partial charge < -0.3 is 4.74 Å². The lowest BCUT2D eigenvalue weighted by Gasteiger charge is -2.03. The van der Waals surface area contributed by atoms with E-state index < -0.39 is 0 Å². The molecular weight excluding hydrogens is 312 g/mol. The lowest BCUT2D eigenvalue weighted by Crippen LogP contribution is -2.17. The molecule has 0 bridgehead atoms. The molecule has 3 aromatic rings. The topological polar surface area (TPSA) is 50.7 Å². The second-order valence-corrected chi connectivity index (χ2v) is 5.42. The zero-order valence-electron chi connectivity index (χ0n) is 13.8. The second kappa shape index (κ2) is 7.93. The number of carbonyl (C=O) groups is 1. The van der Waals surface area contributed by atoms with Gasteiger partial charge in [0.05, 0.1) is 13.3 Å². The zero-order chi connectivity index (χ0) is 17.5. The maximum Gasteiger partial charge on any atom is 0.271 e. The number of amides is 1. The Kier molecular flexibility index (Phi) is 5.22. The van der Waals surface area contributed by atoms with Crippen molar-refractivity contribution < 1.29 is 9.53 Å². The van der Waals surface area contributed by atoms with E-state index in [4.69, 9.17) is 4.74 Å². The lowest BCUT2D eigenvalue weighted by atomic mass is 10.0. The minimum atomic E-state index is -0.264. The van der Waals surface area contributed by atoms with Crippen LogP contribution < -0.4 is 10.2 Å². The molecule has 4 nitrogen and oxygen atoms in total. The van der Waals surface area contributed by atoms with Gasteiger partial charge in [-0.05, 0) is 41.0 Å². The Morgan fingerprint density at radius 1 is 0.880 bits per heavy atom. The Balaban J connectivity index is 1.61. The molecule has 0 saturated carbocycles. The second-order valence-electron chi connectivity index (χ2n) is 5.42. The molecule has 0 fully saturated rings. The first-order valence-corrected chi connectivity index (χ1v) is 7.89. The highest BCUT2D eigenvalue weighted by molar-refractivity contribution is 5.95. The average molecular weight is 330 g/mol. The Hall–Kier alpha value is -3.40. The van der Waals surface area contributed by atoms with Crippen LogP contribution in [0.3, 0.4) is 0 Å². The van der Waals surface area contributed by atoms with E-state index in [0.29, 0.717) is 11.3 Å². The largest absolute Gasteiger partial charge is 0.497 e. The summed E-state index contributed by atoms with van der Waals surface area (Å²) in [4.78, 5) is 12.0. The van der Waals surface area contributed by atoms with Gasteiger partial charge in [-0.1, -0.05) is 54.6 Å². The fraction of sp³-hybridized carbons (Fsp3) is 0.0476. The van der Waals surface area contributed by atoms with Crippen LogP contribution in [0.1, 0.15) is 15.9 Å². The van der Waals surface area contributed by atoms with Crippen molar-refractivity contribution in [3.05, 3.63) is 90.0 Å². The van der Waals surface area contributed by atoms with Crippen molar-refractivity contribution in [1.29, 1.82) is 0 Å². The molecule has 1 N–H and O–H groups in total. The van der Waals surface area contributed by atoms with Gasteiger partial charge in [0.25, 0.3) is 5.91 Å². The van der Waals surface area contributed by atoms with Crippen molar-refractivity contribution in [3.63, 3.8) is 0 Å². The summed E-state index contributed by atoms with van der Waals surface area (Å²) in [5, 5.41) is 4.01. The van der Waals surface area contributed by atoms with Crippen molar-refractivity contribution >= 4 is 12.1 Å². The standard InChI is InChI=1S/C21H18N2O2/c1-25-20-13-11-19(12-14-20)21(24)23-22-15-16-7-9-18(10-8-16)17-5-3-2-4-6-17/h2-15H,1H3,(H,23,24). The molecule has 4 heteroatoms. The molecule has 0 saturated heterocycles. The average Bonchev–Trinajstić information content (AvgIpc) is 2.69. The molecule has 0 spiro atoms. The lowest BCUT2D eigenvalue weighted by molar-refractivity contribution is 0.0955. The molecule has 0 heterocycles. The first kappa shape index (κ1) is 16.5. The summed E-state index contributed by atoms with van der Waals surface area (Å²) < 4.78 is 5.07. The number of methoxy groups -OCH3 is 1. The molecule has 0 radical (unpaired) electrons. The van der Waals surface area contributed by atoms with Crippen LogP contribution in [0.25, 0.3) is 11.1 Å². The molecule has 0 unspecified atom stereocenters. The normalized spacial score (nSPS) is 10.6. The van der Waals surface area contributed by atoms with E-state index in [1.165, 1.54) is 5.56 Å². The summed E-state index contributed by atoms with van der Waals surface area (Å²) in [5.74, 6) is 0.443. The van der Waals surface area contributed by atoms with Crippen molar-refractivity contribution in [1.82, 2.24) is 5.43 Å². The maximum atomic E-state index is 12.0. The first-order valence-electron chi connectivity index (χ1n) is 7.89. The van der Waals surface area contributed by atoms with E-state index in [1.807, 2.05) is 42.5 Å². The minimum absolute atomic E-state index is 0.264. The predicted molar refractivity (Wildman–Crippen MR) is 99.9 cm³/mol. The quantitative estimate of drug-likeness (QED) is 0.565.